The van der Waals surface area contributed by atoms with Crippen LogP contribution in [0.1, 0.15) is 27.0 Å². The lowest BCUT2D eigenvalue weighted by atomic mass is 10.1. The highest BCUT2D eigenvalue weighted by atomic mass is 16.2. The van der Waals surface area contributed by atoms with E-state index in [1.165, 1.54) is 17.3 Å². The predicted octanol–water partition coefficient (Wildman–Crippen LogP) is 1.52. The number of benzene rings is 1. The lowest BCUT2D eigenvalue weighted by molar-refractivity contribution is -0.135. The van der Waals surface area contributed by atoms with Gasteiger partial charge in [0.1, 0.15) is 6.54 Å². The molecule has 24 heavy (non-hydrogen) atoms. The fourth-order valence-corrected chi connectivity index (χ4v) is 3.14. The number of piperazine rings is 1. The van der Waals surface area contributed by atoms with E-state index >= 15 is 0 Å². The Hall–Kier alpha value is -2.63. The molecule has 0 spiro atoms. The second-order valence-electron chi connectivity index (χ2n) is 6.44. The third kappa shape index (κ3) is 3.48. The van der Waals surface area contributed by atoms with E-state index in [2.05, 4.69) is 37.1 Å². The third-order valence-electron chi connectivity index (χ3n) is 4.21. The minimum Gasteiger partial charge on any atom is -0.335 e. The van der Waals surface area contributed by atoms with E-state index in [1.807, 2.05) is 4.90 Å². The maximum atomic E-state index is 12.4. The summed E-state index contributed by atoms with van der Waals surface area (Å²) in [6, 6.07) is 6.33. The summed E-state index contributed by atoms with van der Waals surface area (Å²) in [5.41, 5.74) is 4.05. The number of hydrogen-bond donors (Lipinski definition) is 0. The largest absolute Gasteiger partial charge is 0.335 e. The second kappa shape index (κ2) is 6.47. The van der Waals surface area contributed by atoms with Crippen LogP contribution in [0.25, 0.3) is 0 Å². The maximum absolute atomic E-state index is 12.4. The monoisotopic (exact) mass is 326 g/mol. The maximum Gasteiger partial charge on any atom is 0.257 e. The van der Waals surface area contributed by atoms with Crippen molar-refractivity contribution in [3.8, 4) is 0 Å². The molecule has 1 aliphatic heterocycles. The first-order valence-electron chi connectivity index (χ1n) is 8.05. The van der Waals surface area contributed by atoms with Gasteiger partial charge in [-0.15, -0.1) is 0 Å². The van der Waals surface area contributed by atoms with Crippen LogP contribution >= 0.6 is 0 Å². The number of nitrogens with zero attached hydrogens (tertiary/aromatic N) is 4. The lowest BCUT2D eigenvalue weighted by Crippen LogP contribution is -2.51. The van der Waals surface area contributed by atoms with E-state index in [0.29, 0.717) is 25.2 Å². The van der Waals surface area contributed by atoms with Gasteiger partial charge in [-0.3, -0.25) is 14.3 Å². The normalized spacial score (nSPS) is 15.0. The molecular weight excluding hydrogens is 304 g/mol. The van der Waals surface area contributed by atoms with Crippen molar-refractivity contribution in [3.63, 3.8) is 0 Å². The quantitative estimate of drug-likeness (QED) is 0.859. The summed E-state index contributed by atoms with van der Waals surface area (Å²) in [6.07, 6.45) is 3.21. The molecule has 0 radical (unpaired) electrons. The predicted molar refractivity (Wildman–Crippen MR) is 90.4 cm³/mol. The van der Waals surface area contributed by atoms with E-state index in [1.54, 1.807) is 22.8 Å². The van der Waals surface area contributed by atoms with E-state index in [4.69, 9.17) is 0 Å². The Morgan fingerprint density at radius 3 is 2.46 bits per heavy atom. The van der Waals surface area contributed by atoms with Crippen molar-refractivity contribution in [2.75, 3.05) is 19.6 Å². The molecule has 1 aromatic heterocycles. The fourth-order valence-electron chi connectivity index (χ4n) is 3.14. The molecule has 1 fully saturated rings. The molecule has 1 aromatic carbocycles. The smallest absolute Gasteiger partial charge is 0.257 e. The Morgan fingerprint density at radius 1 is 1.17 bits per heavy atom. The van der Waals surface area contributed by atoms with Crippen LogP contribution in [0, 0.1) is 13.8 Å². The number of amides is 2. The van der Waals surface area contributed by atoms with Crippen LogP contribution in [0.5, 0.6) is 0 Å². The summed E-state index contributed by atoms with van der Waals surface area (Å²) >= 11 is 0. The van der Waals surface area contributed by atoms with E-state index < -0.39 is 0 Å². The molecule has 0 atom stereocenters. The molecule has 126 valence electrons. The number of carbonyl (C=O) groups is 2. The summed E-state index contributed by atoms with van der Waals surface area (Å²) in [5.74, 6) is -0.153. The highest BCUT2D eigenvalue weighted by molar-refractivity contribution is 5.96. The first-order chi connectivity index (χ1) is 11.4. The van der Waals surface area contributed by atoms with Crippen LogP contribution in [0.4, 0.5) is 0 Å². The Kier molecular flexibility index (Phi) is 4.38. The summed E-state index contributed by atoms with van der Waals surface area (Å²) in [4.78, 5) is 28.3. The molecule has 6 heteroatoms. The van der Waals surface area contributed by atoms with E-state index in [0.717, 1.165) is 5.56 Å². The van der Waals surface area contributed by atoms with Crippen molar-refractivity contribution < 1.29 is 9.59 Å². The fraction of sp³-hybridized carbons (Fsp3) is 0.389. The zero-order valence-electron chi connectivity index (χ0n) is 14.3. The van der Waals surface area contributed by atoms with E-state index in [9.17, 15) is 9.59 Å². The average Bonchev–Trinajstić information content (AvgIpc) is 2.94. The van der Waals surface area contributed by atoms with E-state index in [-0.39, 0.29) is 18.4 Å². The van der Waals surface area contributed by atoms with Gasteiger partial charge < -0.3 is 9.80 Å². The van der Waals surface area contributed by atoms with Gasteiger partial charge in [0.2, 0.25) is 5.91 Å². The zero-order chi connectivity index (χ0) is 17.3. The first-order valence-corrected chi connectivity index (χ1v) is 8.05. The number of carbonyl (C=O) groups excluding carboxylic acids is 2. The molecular formula is C18H22N4O2. The van der Waals surface area contributed by atoms with Crippen LogP contribution in [0.2, 0.25) is 0 Å². The van der Waals surface area contributed by atoms with Crippen molar-refractivity contribution in [2.45, 2.75) is 20.4 Å². The topological polar surface area (TPSA) is 58.4 Å². The number of aryl methyl sites for hydroxylation is 3. The molecule has 1 aliphatic rings. The second-order valence-corrected chi connectivity index (χ2v) is 6.44. The number of hydrogen-bond acceptors (Lipinski definition) is 3. The molecule has 0 unspecified atom stereocenters. The van der Waals surface area contributed by atoms with Crippen LogP contribution in [0.15, 0.2) is 30.6 Å². The number of rotatable bonds is 3. The molecule has 1 saturated heterocycles. The van der Waals surface area contributed by atoms with Crippen LogP contribution in [-0.2, 0) is 18.4 Å². The van der Waals surface area contributed by atoms with Crippen LogP contribution in [-0.4, -0.2) is 51.0 Å². The first kappa shape index (κ1) is 16.2. The highest BCUT2D eigenvalue weighted by Crippen LogP contribution is 2.15. The van der Waals surface area contributed by atoms with Gasteiger partial charge >= 0.3 is 0 Å². The van der Waals surface area contributed by atoms with Crippen molar-refractivity contribution in [2.24, 2.45) is 7.05 Å². The van der Waals surface area contributed by atoms with Gasteiger partial charge in [0.25, 0.3) is 5.91 Å². The van der Waals surface area contributed by atoms with Gasteiger partial charge in [-0.1, -0.05) is 29.3 Å². The summed E-state index contributed by atoms with van der Waals surface area (Å²) in [6.45, 7) is 5.93. The standard InChI is InChI=1S/C18H22N4O2/c1-13-6-14(2)8-15(7-13)10-21-4-5-22(12-17(21)23)18(24)16-9-19-20(3)11-16/h6-9,11H,4-5,10,12H2,1-3H3. The van der Waals surface area contributed by atoms with Gasteiger partial charge in [0.05, 0.1) is 11.8 Å². The Morgan fingerprint density at radius 2 is 1.88 bits per heavy atom. The minimum absolute atomic E-state index is 0.0161. The minimum atomic E-state index is -0.137. The van der Waals surface area contributed by atoms with Crippen molar-refractivity contribution in [3.05, 3.63) is 52.8 Å². The van der Waals surface area contributed by atoms with Crippen molar-refractivity contribution in [1.29, 1.82) is 0 Å². The molecule has 0 bridgehead atoms. The molecule has 0 N–H and O–H groups in total. The van der Waals surface area contributed by atoms with Crippen LogP contribution in [0.3, 0.4) is 0 Å². The van der Waals surface area contributed by atoms with Crippen molar-refractivity contribution in [1.82, 2.24) is 19.6 Å². The van der Waals surface area contributed by atoms with Gasteiger partial charge in [0.15, 0.2) is 0 Å². The highest BCUT2D eigenvalue weighted by Gasteiger charge is 2.28. The van der Waals surface area contributed by atoms with Gasteiger partial charge in [-0.05, 0) is 19.4 Å². The molecule has 0 aliphatic carbocycles. The SMILES string of the molecule is Cc1cc(C)cc(CN2CCN(C(=O)c3cnn(C)c3)CC2=O)c1. The molecule has 2 amide bonds. The summed E-state index contributed by atoms with van der Waals surface area (Å²) < 4.78 is 1.59. The lowest BCUT2D eigenvalue weighted by Gasteiger charge is -2.34. The van der Waals surface area contributed by atoms with Gasteiger partial charge in [-0.2, -0.15) is 5.10 Å². The molecule has 0 saturated carbocycles. The average molecular weight is 326 g/mol. The molecule has 6 nitrogen and oxygen atoms in total. The Labute approximate surface area is 141 Å². The van der Waals surface area contributed by atoms with Gasteiger partial charge in [0, 0.05) is 32.9 Å². The Bertz CT molecular complexity index is 761. The Balaban J connectivity index is 1.65. The molecule has 3 rings (SSSR count). The summed E-state index contributed by atoms with van der Waals surface area (Å²) in [5, 5.41) is 4.01. The van der Waals surface area contributed by atoms with Crippen LogP contribution < -0.4 is 0 Å². The van der Waals surface area contributed by atoms with Gasteiger partial charge in [-0.25, -0.2) is 0 Å². The van der Waals surface area contributed by atoms with Crippen molar-refractivity contribution >= 4 is 11.8 Å². The molecule has 2 heterocycles. The number of aromatic nitrogens is 2. The molecule has 2 aromatic rings. The summed E-state index contributed by atoms with van der Waals surface area (Å²) in [7, 11) is 1.77. The third-order valence-corrected chi connectivity index (χ3v) is 4.21. The zero-order valence-corrected chi connectivity index (χ0v) is 14.3.